The number of benzene rings is 1. The normalized spacial score (nSPS) is 11.6. The lowest BCUT2D eigenvalue weighted by molar-refractivity contribution is -0.145. The van der Waals surface area contributed by atoms with Crippen LogP contribution in [0.25, 0.3) is 0 Å². The van der Waals surface area contributed by atoms with E-state index in [0.717, 1.165) is 4.90 Å². The SMILES string of the molecule is CCC(=O)N(c1ccccc1)C(CC(=O)O)C(=O)O. The molecule has 0 aromatic heterocycles. The summed E-state index contributed by atoms with van der Waals surface area (Å²) in [5.41, 5.74) is 0.378. The number of carbonyl (C=O) groups is 3. The fourth-order valence-corrected chi connectivity index (χ4v) is 1.71. The van der Waals surface area contributed by atoms with Crippen molar-refractivity contribution < 1.29 is 24.6 Å². The highest BCUT2D eigenvalue weighted by Gasteiger charge is 2.32. The van der Waals surface area contributed by atoms with Crippen LogP contribution in [0.15, 0.2) is 30.3 Å². The van der Waals surface area contributed by atoms with Gasteiger partial charge in [-0.1, -0.05) is 25.1 Å². The quantitative estimate of drug-likeness (QED) is 0.809. The van der Waals surface area contributed by atoms with E-state index in [0.29, 0.717) is 5.69 Å². The summed E-state index contributed by atoms with van der Waals surface area (Å²) >= 11 is 0. The van der Waals surface area contributed by atoms with Crippen molar-refractivity contribution in [3.05, 3.63) is 30.3 Å². The minimum absolute atomic E-state index is 0.0955. The highest BCUT2D eigenvalue weighted by atomic mass is 16.4. The van der Waals surface area contributed by atoms with Crippen LogP contribution in [-0.4, -0.2) is 34.1 Å². The molecule has 0 aliphatic carbocycles. The van der Waals surface area contributed by atoms with Crippen molar-refractivity contribution in [1.29, 1.82) is 0 Å². The van der Waals surface area contributed by atoms with Gasteiger partial charge in [-0.05, 0) is 12.1 Å². The number of amides is 1. The molecule has 19 heavy (non-hydrogen) atoms. The van der Waals surface area contributed by atoms with Gasteiger partial charge in [0.1, 0.15) is 6.04 Å². The maximum atomic E-state index is 11.9. The first-order chi connectivity index (χ1) is 8.97. The number of carboxylic acids is 2. The van der Waals surface area contributed by atoms with E-state index in [1.165, 1.54) is 0 Å². The number of nitrogens with zero attached hydrogens (tertiary/aromatic N) is 1. The van der Waals surface area contributed by atoms with Crippen LogP contribution in [0.1, 0.15) is 19.8 Å². The summed E-state index contributed by atoms with van der Waals surface area (Å²) in [6.45, 7) is 1.60. The Hall–Kier alpha value is -2.37. The summed E-state index contributed by atoms with van der Waals surface area (Å²) in [4.78, 5) is 34.9. The third-order valence-corrected chi connectivity index (χ3v) is 2.57. The van der Waals surface area contributed by atoms with Crippen molar-refractivity contribution >= 4 is 23.5 Å². The molecule has 0 saturated heterocycles. The van der Waals surface area contributed by atoms with Gasteiger partial charge in [0.15, 0.2) is 0 Å². The van der Waals surface area contributed by atoms with Gasteiger partial charge in [-0.2, -0.15) is 0 Å². The number of aliphatic carboxylic acids is 2. The lowest BCUT2D eigenvalue weighted by Gasteiger charge is -2.27. The van der Waals surface area contributed by atoms with Crippen molar-refractivity contribution in [1.82, 2.24) is 0 Å². The summed E-state index contributed by atoms with van der Waals surface area (Å²) in [7, 11) is 0. The minimum Gasteiger partial charge on any atom is -0.481 e. The molecule has 0 bridgehead atoms. The fourth-order valence-electron chi connectivity index (χ4n) is 1.71. The highest BCUT2D eigenvalue weighted by Crippen LogP contribution is 2.20. The first-order valence-corrected chi connectivity index (χ1v) is 5.79. The van der Waals surface area contributed by atoms with E-state index in [9.17, 15) is 14.4 Å². The fraction of sp³-hybridized carbons (Fsp3) is 0.308. The standard InChI is InChI=1S/C13H15NO5/c1-2-11(15)14(9-6-4-3-5-7-9)10(13(18)19)8-12(16)17/h3-7,10H,2,8H2,1H3,(H,16,17)(H,18,19). The molecule has 0 radical (unpaired) electrons. The second-order valence-corrected chi connectivity index (χ2v) is 3.90. The average molecular weight is 265 g/mol. The van der Waals surface area contributed by atoms with E-state index < -0.39 is 30.3 Å². The molecule has 1 rings (SSSR count). The molecule has 1 aromatic carbocycles. The molecule has 2 N–H and O–H groups in total. The van der Waals surface area contributed by atoms with Crippen LogP contribution >= 0.6 is 0 Å². The molecule has 1 aromatic rings. The number of carboxylic acid groups (broad SMARTS) is 2. The molecule has 0 spiro atoms. The zero-order valence-corrected chi connectivity index (χ0v) is 10.4. The molecule has 6 heteroatoms. The second kappa shape index (κ2) is 6.53. The topological polar surface area (TPSA) is 94.9 Å². The zero-order valence-electron chi connectivity index (χ0n) is 10.4. The summed E-state index contributed by atoms with van der Waals surface area (Å²) < 4.78 is 0. The van der Waals surface area contributed by atoms with Gasteiger partial charge in [0, 0.05) is 12.1 Å². The van der Waals surface area contributed by atoms with Gasteiger partial charge in [0.25, 0.3) is 0 Å². The molecule has 1 unspecified atom stereocenters. The van der Waals surface area contributed by atoms with Gasteiger partial charge >= 0.3 is 11.9 Å². The van der Waals surface area contributed by atoms with Crippen LogP contribution in [0.4, 0.5) is 5.69 Å². The first-order valence-electron chi connectivity index (χ1n) is 5.79. The van der Waals surface area contributed by atoms with E-state index in [4.69, 9.17) is 10.2 Å². The van der Waals surface area contributed by atoms with Crippen LogP contribution < -0.4 is 4.90 Å². The van der Waals surface area contributed by atoms with E-state index in [2.05, 4.69) is 0 Å². The molecule has 0 aliphatic rings. The van der Waals surface area contributed by atoms with Crippen LogP contribution in [0.2, 0.25) is 0 Å². The van der Waals surface area contributed by atoms with Crippen LogP contribution in [-0.2, 0) is 14.4 Å². The molecular formula is C13H15NO5. The molecule has 1 amide bonds. The van der Waals surface area contributed by atoms with Crippen molar-refractivity contribution in [2.24, 2.45) is 0 Å². The number of rotatable bonds is 6. The molecule has 0 aliphatic heterocycles. The summed E-state index contributed by atoms with van der Waals surface area (Å²) in [5, 5.41) is 17.9. The van der Waals surface area contributed by atoms with Crippen molar-refractivity contribution in [2.45, 2.75) is 25.8 Å². The van der Waals surface area contributed by atoms with E-state index in [-0.39, 0.29) is 6.42 Å². The zero-order chi connectivity index (χ0) is 14.4. The van der Waals surface area contributed by atoms with E-state index >= 15 is 0 Å². The lowest BCUT2D eigenvalue weighted by Crippen LogP contribution is -2.46. The third-order valence-electron chi connectivity index (χ3n) is 2.57. The van der Waals surface area contributed by atoms with Crippen molar-refractivity contribution in [3.8, 4) is 0 Å². The number of hydrogen-bond donors (Lipinski definition) is 2. The summed E-state index contributed by atoms with van der Waals surface area (Å²) in [5.74, 6) is -3.04. The molecule has 102 valence electrons. The molecule has 1 atom stereocenters. The molecule has 0 saturated carbocycles. The Kier molecular flexibility index (Phi) is 5.05. The highest BCUT2D eigenvalue weighted by molar-refractivity contribution is 6.00. The molecule has 0 fully saturated rings. The Balaban J connectivity index is 3.18. The third kappa shape index (κ3) is 3.80. The summed E-state index contributed by atoms with van der Waals surface area (Å²) in [6, 6.07) is 6.78. The number of anilines is 1. The Morgan fingerprint density at radius 3 is 2.16 bits per heavy atom. The van der Waals surface area contributed by atoms with Crippen molar-refractivity contribution in [2.75, 3.05) is 4.90 Å². The molecule has 0 heterocycles. The van der Waals surface area contributed by atoms with Gasteiger partial charge in [-0.25, -0.2) is 4.79 Å². The number of hydrogen-bond acceptors (Lipinski definition) is 3. The Labute approximate surface area is 110 Å². The van der Waals surface area contributed by atoms with Gasteiger partial charge in [0.2, 0.25) is 5.91 Å². The number of para-hydroxylation sites is 1. The van der Waals surface area contributed by atoms with Gasteiger partial charge < -0.3 is 10.2 Å². The Bertz CT molecular complexity index is 471. The summed E-state index contributed by atoms with van der Waals surface area (Å²) in [6.07, 6.45) is -0.547. The van der Waals surface area contributed by atoms with Crippen molar-refractivity contribution in [3.63, 3.8) is 0 Å². The largest absolute Gasteiger partial charge is 0.481 e. The smallest absolute Gasteiger partial charge is 0.327 e. The van der Waals surface area contributed by atoms with Crippen LogP contribution in [0.3, 0.4) is 0 Å². The molecule has 6 nitrogen and oxygen atoms in total. The maximum absolute atomic E-state index is 11.9. The average Bonchev–Trinajstić information content (AvgIpc) is 2.38. The predicted octanol–water partition coefficient (Wildman–Crippen LogP) is 1.36. The predicted molar refractivity (Wildman–Crippen MR) is 67.9 cm³/mol. The van der Waals surface area contributed by atoms with Crippen LogP contribution in [0, 0.1) is 0 Å². The second-order valence-electron chi connectivity index (χ2n) is 3.90. The van der Waals surface area contributed by atoms with E-state index in [1.54, 1.807) is 37.3 Å². The number of carbonyl (C=O) groups excluding carboxylic acids is 1. The Morgan fingerprint density at radius 2 is 1.74 bits per heavy atom. The molecular weight excluding hydrogens is 250 g/mol. The monoisotopic (exact) mass is 265 g/mol. The maximum Gasteiger partial charge on any atom is 0.327 e. The van der Waals surface area contributed by atoms with Crippen LogP contribution in [0.5, 0.6) is 0 Å². The minimum atomic E-state index is -1.41. The first kappa shape index (κ1) is 14.7. The van der Waals surface area contributed by atoms with Gasteiger partial charge in [0.05, 0.1) is 6.42 Å². The van der Waals surface area contributed by atoms with Gasteiger partial charge in [-0.3, -0.25) is 14.5 Å². The lowest BCUT2D eigenvalue weighted by atomic mass is 10.1. The van der Waals surface area contributed by atoms with Gasteiger partial charge in [-0.15, -0.1) is 0 Å². The van der Waals surface area contributed by atoms with E-state index in [1.807, 2.05) is 0 Å². The Morgan fingerprint density at radius 1 is 1.16 bits per heavy atom.